The van der Waals surface area contributed by atoms with Gasteiger partial charge in [0.15, 0.2) is 40.2 Å². The maximum Gasteiger partial charge on any atom is 0.335 e. The number of unbranched alkanes of at least 4 members (excludes halogenated alkanes) is 5. The van der Waals surface area contributed by atoms with Crippen molar-refractivity contribution in [1.29, 1.82) is 0 Å². The van der Waals surface area contributed by atoms with E-state index in [0.717, 1.165) is 86.8 Å². The fraction of sp³-hybridized carbons (Fsp3) is 0.362. The number of ketones is 2. The third-order valence-corrected chi connectivity index (χ3v) is 9.40. The Morgan fingerprint density at radius 1 is 0.369 bits per heavy atom. The van der Waals surface area contributed by atoms with Crippen LogP contribution in [0.1, 0.15) is 127 Å². The molecule has 0 saturated carbocycles. The third kappa shape index (κ3) is 24.1. The molecule has 354 valence electrons. The van der Waals surface area contributed by atoms with Crippen molar-refractivity contribution in [2.45, 2.75) is 110 Å². The Balaban J connectivity index is 0.000000455. The number of carboxylic acids is 4. The van der Waals surface area contributed by atoms with Crippen molar-refractivity contribution in [1.82, 2.24) is 0 Å². The van der Waals surface area contributed by atoms with Crippen LogP contribution in [0.4, 0.5) is 0 Å². The summed E-state index contributed by atoms with van der Waals surface area (Å²) in [5.41, 5.74) is 2.53. The summed E-state index contributed by atoms with van der Waals surface area (Å²) in [5.74, 6) is -6.67. The number of aryl methyl sites for hydroxylation is 3. The lowest BCUT2D eigenvalue weighted by Crippen LogP contribution is -2.03. The number of Topliss-reactive ketones (excluding diaryl/α,β-unsaturated/α-hetero) is 2. The van der Waals surface area contributed by atoms with Crippen LogP contribution in [0, 0.1) is 6.92 Å². The SMILES string of the molecule is Cc1cc(CCCC(=O)CCCCCCCCC(=O)O)ccc1O.O=C(O)CCC(=O)CCCc1ccc(O)c(O)c1.O=C(O)c1cc(O)c(O)c(O)c1.O=C(O)c1ccc(O)c(O)c1. The summed E-state index contributed by atoms with van der Waals surface area (Å²) in [6.45, 7) is 1.88. The van der Waals surface area contributed by atoms with E-state index >= 15 is 0 Å². The van der Waals surface area contributed by atoms with Crippen molar-refractivity contribution < 1.29 is 90.0 Å². The number of carbonyl (C=O) groups excluding carboxylic acids is 2. The first kappa shape index (κ1) is 55.5. The van der Waals surface area contributed by atoms with Crippen LogP contribution >= 0.6 is 0 Å². The number of carboxylic acid groups (broad SMARTS) is 4. The lowest BCUT2D eigenvalue weighted by molar-refractivity contribution is -0.138. The van der Waals surface area contributed by atoms with Crippen LogP contribution in [0.15, 0.2) is 66.7 Å². The van der Waals surface area contributed by atoms with E-state index < -0.39 is 46.9 Å². The number of phenols is 8. The molecule has 12 N–H and O–H groups in total. The molecule has 0 aliphatic rings. The van der Waals surface area contributed by atoms with Crippen LogP contribution in [-0.2, 0) is 32.0 Å². The van der Waals surface area contributed by atoms with Gasteiger partial charge in [-0.3, -0.25) is 19.2 Å². The number of hydrogen-bond donors (Lipinski definition) is 12. The second-order valence-corrected chi connectivity index (χ2v) is 14.8. The summed E-state index contributed by atoms with van der Waals surface area (Å²) in [5, 5.41) is 106. The fourth-order valence-corrected chi connectivity index (χ4v) is 5.76. The first-order chi connectivity index (χ1) is 30.6. The first-order valence-electron chi connectivity index (χ1n) is 20.6. The number of aromatic hydroxyl groups is 8. The van der Waals surface area contributed by atoms with E-state index in [0.29, 0.717) is 43.6 Å². The van der Waals surface area contributed by atoms with Crippen LogP contribution in [0.25, 0.3) is 0 Å². The fourth-order valence-electron chi connectivity index (χ4n) is 5.76. The van der Waals surface area contributed by atoms with Gasteiger partial charge < -0.3 is 61.3 Å². The van der Waals surface area contributed by atoms with Gasteiger partial charge in [0, 0.05) is 32.1 Å². The molecule has 0 saturated heterocycles. The monoisotopic (exact) mass is 910 g/mol. The van der Waals surface area contributed by atoms with Crippen molar-refractivity contribution in [3.05, 3.63) is 94.5 Å². The molecule has 0 radical (unpaired) electrons. The molecule has 0 bridgehead atoms. The maximum atomic E-state index is 11.9. The van der Waals surface area contributed by atoms with Gasteiger partial charge in [-0.25, -0.2) is 9.59 Å². The molecule has 0 heterocycles. The van der Waals surface area contributed by atoms with E-state index in [4.69, 9.17) is 51.1 Å². The summed E-state index contributed by atoms with van der Waals surface area (Å²) < 4.78 is 0. The Kier molecular flexibility index (Phi) is 25.4. The Bertz CT molecular complexity index is 2170. The average molecular weight is 911 g/mol. The average Bonchev–Trinajstić information content (AvgIpc) is 3.24. The highest BCUT2D eigenvalue weighted by Gasteiger charge is 2.12. The van der Waals surface area contributed by atoms with Crippen molar-refractivity contribution >= 4 is 35.4 Å². The molecular weight excluding hydrogens is 852 g/mol. The van der Waals surface area contributed by atoms with E-state index in [2.05, 4.69) is 0 Å². The van der Waals surface area contributed by atoms with Crippen LogP contribution < -0.4 is 0 Å². The number of carbonyl (C=O) groups is 6. The molecule has 0 spiro atoms. The van der Waals surface area contributed by atoms with E-state index in [-0.39, 0.29) is 53.4 Å². The highest BCUT2D eigenvalue weighted by molar-refractivity contribution is 5.89. The molecule has 0 fully saturated rings. The minimum atomic E-state index is -1.29. The predicted octanol–water partition coefficient (Wildman–Crippen LogP) is 7.95. The molecule has 0 atom stereocenters. The number of aliphatic carboxylic acids is 2. The van der Waals surface area contributed by atoms with Crippen molar-refractivity contribution in [3.63, 3.8) is 0 Å². The molecule has 0 amide bonds. The number of phenolic OH excluding ortho intramolecular Hbond substituents is 8. The standard InChI is InChI=1S/C20H30O4.C13H16O5.C7H6O5.C7H6O4/c1-16-15-17(13-14-19(16)22)9-8-11-18(21)10-6-4-2-3-5-7-12-20(23)24;14-10(5-7-13(17)18)3-1-2-9-4-6-11(15)12(16)8-9;8-4-1-3(7(11)12)2-5(9)6(4)10;8-5-2-1-4(7(10)11)3-6(5)9/h13-15,22H,2-12H2,1H3,(H,23,24);4,6,8,15-16H,1-3,5,7H2,(H,17,18);1-2,8-10H,(H,11,12);1-3,8-9H,(H,10,11). The van der Waals surface area contributed by atoms with Gasteiger partial charge in [0.25, 0.3) is 0 Å². The molecule has 18 nitrogen and oxygen atoms in total. The molecule has 0 aliphatic heterocycles. The summed E-state index contributed by atoms with van der Waals surface area (Å²) in [6, 6.07) is 15.1. The van der Waals surface area contributed by atoms with Gasteiger partial charge >= 0.3 is 23.9 Å². The third-order valence-electron chi connectivity index (χ3n) is 9.40. The van der Waals surface area contributed by atoms with E-state index in [1.165, 1.54) is 23.8 Å². The van der Waals surface area contributed by atoms with Crippen molar-refractivity contribution in [2.75, 3.05) is 0 Å². The van der Waals surface area contributed by atoms with Crippen LogP contribution in [0.3, 0.4) is 0 Å². The summed E-state index contributed by atoms with van der Waals surface area (Å²) in [4.78, 5) is 64.4. The van der Waals surface area contributed by atoms with E-state index in [1.807, 2.05) is 19.1 Å². The number of hydrogen-bond acceptors (Lipinski definition) is 14. The maximum absolute atomic E-state index is 11.9. The smallest absolute Gasteiger partial charge is 0.335 e. The molecule has 4 aromatic rings. The first-order valence-corrected chi connectivity index (χ1v) is 20.6. The van der Waals surface area contributed by atoms with Crippen LogP contribution in [0.5, 0.6) is 46.0 Å². The molecule has 4 rings (SSSR count). The van der Waals surface area contributed by atoms with Gasteiger partial charge in [-0.1, -0.05) is 43.9 Å². The molecule has 18 heteroatoms. The van der Waals surface area contributed by atoms with E-state index in [9.17, 15) is 39.0 Å². The van der Waals surface area contributed by atoms with Gasteiger partial charge in [0.05, 0.1) is 17.5 Å². The quantitative estimate of drug-likeness (QED) is 0.0263. The van der Waals surface area contributed by atoms with Crippen LogP contribution in [-0.4, -0.2) is 96.7 Å². The second kappa shape index (κ2) is 29.7. The highest BCUT2D eigenvalue weighted by atomic mass is 16.4. The Morgan fingerprint density at radius 3 is 1.23 bits per heavy atom. The zero-order chi connectivity index (χ0) is 49.1. The molecule has 65 heavy (non-hydrogen) atoms. The normalized spacial score (nSPS) is 10.2. The van der Waals surface area contributed by atoms with Crippen molar-refractivity contribution in [3.8, 4) is 46.0 Å². The van der Waals surface area contributed by atoms with Crippen molar-refractivity contribution in [2.24, 2.45) is 0 Å². The Labute approximate surface area is 375 Å². The van der Waals surface area contributed by atoms with Gasteiger partial charge in [-0.15, -0.1) is 0 Å². The molecule has 4 aromatic carbocycles. The Hall–Kier alpha value is -7.50. The molecule has 0 aliphatic carbocycles. The molecule has 0 unspecified atom stereocenters. The summed E-state index contributed by atoms with van der Waals surface area (Å²) in [7, 11) is 0. The van der Waals surface area contributed by atoms with Gasteiger partial charge in [0.2, 0.25) is 0 Å². The highest BCUT2D eigenvalue weighted by Crippen LogP contribution is 2.35. The minimum absolute atomic E-state index is 0.0553. The number of benzene rings is 4. The van der Waals surface area contributed by atoms with Crippen LogP contribution in [0.2, 0.25) is 0 Å². The van der Waals surface area contributed by atoms with Gasteiger partial charge in [-0.2, -0.15) is 0 Å². The van der Waals surface area contributed by atoms with Gasteiger partial charge in [-0.05, 0) is 111 Å². The largest absolute Gasteiger partial charge is 0.508 e. The second-order valence-electron chi connectivity index (χ2n) is 14.8. The minimum Gasteiger partial charge on any atom is -0.508 e. The summed E-state index contributed by atoms with van der Waals surface area (Å²) in [6.07, 6.45) is 10.6. The predicted molar refractivity (Wildman–Crippen MR) is 235 cm³/mol. The van der Waals surface area contributed by atoms with E-state index in [1.54, 1.807) is 12.1 Å². The molecule has 0 aromatic heterocycles. The zero-order valence-electron chi connectivity index (χ0n) is 36.0. The number of aromatic carboxylic acids is 2. The molecular formula is C47H58O18. The number of rotatable bonds is 22. The summed E-state index contributed by atoms with van der Waals surface area (Å²) >= 11 is 0. The topological polar surface area (TPSA) is 345 Å². The van der Waals surface area contributed by atoms with Gasteiger partial charge in [0.1, 0.15) is 17.3 Å². The Morgan fingerprint density at radius 2 is 0.769 bits per heavy atom. The zero-order valence-corrected chi connectivity index (χ0v) is 36.0. The lowest BCUT2D eigenvalue weighted by atomic mass is 10.0. The lowest BCUT2D eigenvalue weighted by Gasteiger charge is -2.05.